The van der Waals surface area contributed by atoms with Gasteiger partial charge < -0.3 is 20.8 Å². The maximum absolute atomic E-state index is 11.4. The van der Waals surface area contributed by atoms with Gasteiger partial charge >= 0.3 is 11.9 Å². The van der Waals surface area contributed by atoms with E-state index in [0.717, 1.165) is 36.8 Å². The molecule has 2 aromatic carbocycles. The first kappa shape index (κ1) is 28.7. The Hall–Kier alpha value is -2.35. The topological polar surface area (TPSA) is 126 Å². The molecule has 0 fully saturated rings. The van der Waals surface area contributed by atoms with Crippen molar-refractivity contribution in [2.75, 3.05) is 5.75 Å². The number of unbranched alkanes of at least 4 members (excludes halogenated alkanes) is 5. The molecule has 6 nitrogen and oxygen atoms in total. The second-order valence-electron chi connectivity index (χ2n) is 8.02. The summed E-state index contributed by atoms with van der Waals surface area (Å²) in [6.45, 7) is 0. The molecule has 0 spiro atoms. The number of carbonyl (C=O) groups is 2. The predicted molar refractivity (Wildman–Crippen MR) is 133 cm³/mol. The Morgan fingerprint density at radius 1 is 0.788 bits per heavy atom. The van der Waals surface area contributed by atoms with E-state index in [1.165, 1.54) is 43.0 Å². The number of aryl methyl sites for hydroxylation is 2. The van der Waals surface area contributed by atoms with Crippen LogP contribution in [0.3, 0.4) is 0 Å². The maximum Gasteiger partial charge on any atom is 0.334 e. The molecule has 0 heterocycles. The van der Waals surface area contributed by atoms with Gasteiger partial charge in [-0.25, -0.2) is 4.79 Å². The largest absolute Gasteiger partial charge is 0.481 e. The molecule has 0 saturated carbocycles. The Morgan fingerprint density at radius 2 is 1.36 bits per heavy atom. The van der Waals surface area contributed by atoms with E-state index in [4.69, 9.17) is 5.11 Å². The number of carboxylic acids is 2. The molecule has 0 aromatic heterocycles. The van der Waals surface area contributed by atoms with E-state index >= 15 is 0 Å². The summed E-state index contributed by atoms with van der Waals surface area (Å²) in [6.07, 6.45) is 7.23. The number of carboxylic acid groups (broad SMARTS) is 2. The summed E-state index contributed by atoms with van der Waals surface area (Å²) in [6, 6.07) is 18.1. The van der Waals surface area contributed by atoms with E-state index in [9.17, 15) is 19.8 Å². The van der Waals surface area contributed by atoms with Crippen molar-refractivity contribution < 1.29 is 30.4 Å². The van der Waals surface area contributed by atoms with Gasteiger partial charge in [0.2, 0.25) is 0 Å². The summed E-state index contributed by atoms with van der Waals surface area (Å²) in [7, 11) is 0. The molecule has 2 unspecified atom stereocenters. The minimum atomic E-state index is -1.57. The summed E-state index contributed by atoms with van der Waals surface area (Å²) in [5.41, 5.74) is 3.22. The summed E-state index contributed by atoms with van der Waals surface area (Å²) in [5.74, 6) is -1.97. The number of aliphatic carboxylic acids is 2. The summed E-state index contributed by atoms with van der Waals surface area (Å²) >= 11 is 1.19. The van der Waals surface area contributed by atoms with Crippen molar-refractivity contribution in [2.24, 2.45) is 0 Å². The zero-order valence-electron chi connectivity index (χ0n) is 19.0. The van der Waals surface area contributed by atoms with Gasteiger partial charge in [-0.2, -0.15) is 0 Å². The van der Waals surface area contributed by atoms with Gasteiger partial charge in [0.05, 0.1) is 11.7 Å². The molecule has 33 heavy (non-hydrogen) atoms. The van der Waals surface area contributed by atoms with E-state index in [1.807, 2.05) is 30.3 Å². The Kier molecular flexibility index (Phi) is 14.2. The molecule has 2 atom stereocenters. The molecule has 0 aliphatic rings. The van der Waals surface area contributed by atoms with Crippen LogP contribution in [-0.4, -0.2) is 44.6 Å². The molecule has 5 N–H and O–H groups in total. The third kappa shape index (κ3) is 10.9. The molecule has 0 saturated heterocycles. The average molecular weight is 477 g/mol. The van der Waals surface area contributed by atoms with Crippen LogP contribution >= 0.6 is 11.8 Å². The minimum Gasteiger partial charge on any atom is -0.481 e. The first-order valence-corrected chi connectivity index (χ1v) is 12.4. The predicted octanol–water partition coefficient (Wildman–Crippen LogP) is 4.68. The average Bonchev–Trinajstić information content (AvgIpc) is 2.79. The molecule has 182 valence electrons. The molecular weight excluding hydrogens is 440 g/mol. The molecule has 7 heteroatoms. The van der Waals surface area contributed by atoms with E-state index in [2.05, 4.69) is 24.3 Å². The van der Waals surface area contributed by atoms with Gasteiger partial charge in [0, 0.05) is 5.75 Å². The van der Waals surface area contributed by atoms with Crippen molar-refractivity contribution in [3.05, 3.63) is 71.3 Å². The van der Waals surface area contributed by atoms with Crippen LogP contribution in [0, 0.1) is 0 Å². The van der Waals surface area contributed by atoms with Crippen molar-refractivity contribution in [3.63, 3.8) is 0 Å². The Morgan fingerprint density at radius 3 is 2.00 bits per heavy atom. The van der Waals surface area contributed by atoms with Crippen LogP contribution in [0.5, 0.6) is 0 Å². The van der Waals surface area contributed by atoms with Crippen molar-refractivity contribution in [2.45, 2.75) is 69.1 Å². The quantitative estimate of drug-likeness (QED) is 0.302. The summed E-state index contributed by atoms with van der Waals surface area (Å²) in [4.78, 5) is 22.3. The van der Waals surface area contributed by atoms with Crippen molar-refractivity contribution >= 4 is 23.7 Å². The Balaban J connectivity index is 0.00000544. The number of hydrogen-bond donors (Lipinski definition) is 3. The van der Waals surface area contributed by atoms with E-state index < -0.39 is 23.3 Å². The fourth-order valence-electron chi connectivity index (χ4n) is 3.79. The Bertz CT molecular complexity index is 827. The molecule has 0 amide bonds. The second-order valence-corrected chi connectivity index (χ2v) is 9.27. The highest BCUT2D eigenvalue weighted by molar-refractivity contribution is 7.99. The lowest BCUT2D eigenvalue weighted by molar-refractivity contribution is -0.146. The Labute approximate surface area is 200 Å². The van der Waals surface area contributed by atoms with Crippen molar-refractivity contribution in [3.8, 4) is 0 Å². The van der Waals surface area contributed by atoms with Crippen LogP contribution in [0.4, 0.5) is 0 Å². The van der Waals surface area contributed by atoms with Gasteiger partial charge in [0.15, 0.2) is 6.10 Å². The number of benzene rings is 2. The van der Waals surface area contributed by atoms with Gasteiger partial charge in [-0.3, -0.25) is 4.79 Å². The summed E-state index contributed by atoms with van der Waals surface area (Å²) < 4.78 is 0. The standard InChI is InChI=1S/C26H34O5S.H2O/c27-23(28)18-19-32-25(24(29)26(30)31)22-17-11-10-16-21(22)15-9-4-2-1-3-6-12-20-13-7-5-8-14-20;/h5,7-8,10-11,13-14,16-17,24-25,29H,1-4,6,9,12,15,18-19H2,(H,27,28)(H,30,31);1H2. The first-order valence-electron chi connectivity index (χ1n) is 11.3. The van der Waals surface area contributed by atoms with E-state index in [0.29, 0.717) is 0 Å². The van der Waals surface area contributed by atoms with E-state index in [1.54, 1.807) is 0 Å². The minimum absolute atomic E-state index is 0. The van der Waals surface area contributed by atoms with Gasteiger partial charge in [0.25, 0.3) is 0 Å². The van der Waals surface area contributed by atoms with Gasteiger partial charge in [-0.05, 0) is 42.4 Å². The summed E-state index contributed by atoms with van der Waals surface area (Å²) in [5, 5.41) is 27.8. The molecule has 0 radical (unpaired) electrons. The molecule has 0 bridgehead atoms. The fraction of sp³-hybridized carbons (Fsp3) is 0.462. The highest BCUT2D eigenvalue weighted by Crippen LogP contribution is 2.35. The molecule has 0 aliphatic heterocycles. The first-order chi connectivity index (χ1) is 15.5. The van der Waals surface area contributed by atoms with Gasteiger partial charge in [0.1, 0.15) is 0 Å². The zero-order valence-corrected chi connectivity index (χ0v) is 19.8. The van der Waals surface area contributed by atoms with Crippen molar-refractivity contribution in [1.29, 1.82) is 0 Å². The number of thioether (sulfide) groups is 1. The third-order valence-corrected chi connectivity index (χ3v) is 6.83. The normalized spacial score (nSPS) is 12.5. The molecular formula is C26H36O6S. The molecule has 2 rings (SSSR count). The smallest absolute Gasteiger partial charge is 0.334 e. The van der Waals surface area contributed by atoms with Crippen LogP contribution in [0.25, 0.3) is 0 Å². The van der Waals surface area contributed by atoms with Crippen LogP contribution in [0.2, 0.25) is 0 Å². The number of hydrogen-bond acceptors (Lipinski definition) is 4. The van der Waals surface area contributed by atoms with Crippen LogP contribution in [0.15, 0.2) is 54.6 Å². The van der Waals surface area contributed by atoms with E-state index in [-0.39, 0.29) is 17.6 Å². The van der Waals surface area contributed by atoms with Crippen LogP contribution in [0.1, 0.15) is 66.9 Å². The van der Waals surface area contributed by atoms with Crippen molar-refractivity contribution in [1.82, 2.24) is 0 Å². The highest BCUT2D eigenvalue weighted by Gasteiger charge is 2.29. The van der Waals surface area contributed by atoms with Crippen LogP contribution in [-0.2, 0) is 22.4 Å². The molecule has 2 aromatic rings. The lowest BCUT2D eigenvalue weighted by Crippen LogP contribution is -2.27. The van der Waals surface area contributed by atoms with Gasteiger partial charge in [-0.1, -0.05) is 80.3 Å². The lowest BCUT2D eigenvalue weighted by Gasteiger charge is -2.22. The monoisotopic (exact) mass is 476 g/mol. The van der Waals surface area contributed by atoms with Crippen LogP contribution < -0.4 is 0 Å². The number of rotatable bonds is 16. The lowest BCUT2D eigenvalue weighted by atomic mass is 9.96. The molecule has 0 aliphatic carbocycles. The SMILES string of the molecule is O.O=C(O)CCSC(c1ccccc1CCCCCCCCc1ccccc1)C(O)C(=O)O. The number of aliphatic hydroxyl groups is 1. The third-order valence-electron chi connectivity index (χ3n) is 5.52. The number of aliphatic hydroxyl groups excluding tert-OH is 1. The van der Waals surface area contributed by atoms with Gasteiger partial charge in [-0.15, -0.1) is 11.8 Å². The second kappa shape index (κ2) is 16.3. The zero-order chi connectivity index (χ0) is 23.2. The highest BCUT2D eigenvalue weighted by atomic mass is 32.2. The fourth-order valence-corrected chi connectivity index (χ4v) is 5.04. The maximum atomic E-state index is 11.4.